The molecule has 2 saturated heterocycles. The summed E-state index contributed by atoms with van der Waals surface area (Å²) >= 11 is 0. The first-order chi connectivity index (χ1) is 12.4. The number of carbonyl (C=O) groups excluding carboxylic acids is 2. The van der Waals surface area contributed by atoms with Gasteiger partial charge in [-0.1, -0.05) is 18.2 Å². The van der Waals surface area contributed by atoms with Gasteiger partial charge in [0.1, 0.15) is 24.6 Å². The molecule has 0 saturated carbocycles. The van der Waals surface area contributed by atoms with Crippen LogP contribution in [0.25, 0.3) is 0 Å². The van der Waals surface area contributed by atoms with Crippen molar-refractivity contribution in [2.24, 2.45) is 5.92 Å². The Morgan fingerprint density at radius 1 is 1.42 bits per heavy atom. The van der Waals surface area contributed by atoms with Gasteiger partial charge in [0, 0.05) is 12.0 Å². The van der Waals surface area contributed by atoms with E-state index in [0.29, 0.717) is 17.6 Å². The minimum absolute atomic E-state index is 0.197. The average Bonchev–Trinajstić information content (AvgIpc) is 2.95. The van der Waals surface area contributed by atoms with Gasteiger partial charge in [0.25, 0.3) is 0 Å². The fourth-order valence-electron chi connectivity index (χ4n) is 4.00. The van der Waals surface area contributed by atoms with Crippen molar-refractivity contribution in [2.45, 2.75) is 57.0 Å². The molecule has 6 nitrogen and oxygen atoms in total. The van der Waals surface area contributed by atoms with Crippen LogP contribution >= 0.6 is 0 Å². The minimum atomic E-state index is -0.552. The lowest BCUT2D eigenvalue weighted by atomic mass is 9.82. The number of rotatable bonds is 2. The Morgan fingerprint density at radius 3 is 2.96 bits per heavy atom. The van der Waals surface area contributed by atoms with E-state index in [9.17, 15) is 9.59 Å². The van der Waals surface area contributed by atoms with E-state index in [1.165, 1.54) is 12.5 Å². The molecule has 0 N–H and O–H groups in total. The van der Waals surface area contributed by atoms with Crippen molar-refractivity contribution in [2.75, 3.05) is 0 Å². The summed E-state index contributed by atoms with van der Waals surface area (Å²) in [6.07, 6.45) is 5.93. The van der Waals surface area contributed by atoms with Crippen molar-refractivity contribution in [3.8, 4) is 0 Å². The van der Waals surface area contributed by atoms with E-state index in [1.807, 2.05) is 13.8 Å². The van der Waals surface area contributed by atoms with Gasteiger partial charge in [-0.25, -0.2) is 9.59 Å². The zero-order valence-electron chi connectivity index (χ0n) is 14.9. The van der Waals surface area contributed by atoms with Crippen molar-refractivity contribution in [3.05, 3.63) is 48.0 Å². The third-order valence-electron chi connectivity index (χ3n) is 5.57. The quantitative estimate of drug-likeness (QED) is 0.350. The predicted molar refractivity (Wildman–Crippen MR) is 91.3 cm³/mol. The van der Waals surface area contributed by atoms with Gasteiger partial charge in [-0.2, -0.15) is 0 Å². The summed E-state index contributed by atoms with van der Waals surface area (Å²) in [6.45, 7) is 7.94. The normalized spacial score (nSPS) is 38.5. The summed E-state index contributed by atoms with van der Waals surface area (Å²) in [7, 11) is 0. The molecule has 0 aromatic carbocycles. The summed E-state index contributed by atoms with van der Waals surface area (Å²) in [4.78, 5) is 24.7. The van der Waals surface area contributed by atoms with Crippen molar-refractivity contribution in [1.82, 2.24) is 0 Å². The molecule has 2 fully saturated rings. The molecule has 0 spiro atoms. The number of esters is 2. The molecule has 0 radical (unpaired) electrons. The molecule has 26 heavy (non-hydrogen) atoms. The van der Waals surface area contributed by atoms with Crippen LogP contribution in [-0.2, 0) is 19.0 Å². The largest absolute Gasteiger partial charge is 0.472 e. The standard InChI is InChI=1S/C20H22O6/c1-11-5-4-7-20(3)17(26-20)16-15(12(2)18(21)25-16)14(9-11)24-19(22)13-6-8-23-10-13/h5-6,8,10,14-17H,2,4,7,9H2,1,3H3/b11-5-/t14-,15-,16+,17-,20-/m1/s1. The first-order valence-corrected chi connectivity index (χ1v) is 8.85. The van der Waals surface area contributed by atoms with Gasteiger partial charge in [-0.15, -0.1) is 0 Å². The number of hydrogen-bond donors (Lipinski definition) is 0. The molecular formula is C20H22O6. The number of hydrogen-bond acceptors (Lipinski definition) is 6. The molecule has 1 aliphatic carbocycles. The number of ether oxygens (including phenoxy) is 3. The molecule has 2 aliphatic heterocycles. The lowest BCUT2D eigenvalue weighted by Crippen LogP contribution is -2.38. The van der Waals surface area contributed by atoms with Gasteiger partial charge in [0.05, 0.1) is 23.3 Å². The minimum Gasteiger partial charge on any atom is -0.472 e. The fourth-order valence-corrected chi connectivity index (χ4v) is 4.00. The van der Waals surface area contributed by atoms with Crippen LogP contribution in [0.1, 0.15) is 43.5 Å². The van der Waals surface area contributed by atoms with E-state index in [-0.39, 0.29) is 11.7 Å². The maximum absolute atomic E-state index is 12.5. The Balaban J connectivity index is 1.66. The maximum Gasteiger partial charge on any atom is 0.341 e. The van der Waals surface area contributed by atoms with Gasteiger partial charge in [0.15, 0.2) is 0 Å². The first-order valence-electron chi connectivity index (χ1n) is 8.85. The average molecular weight is 358 g/mol. The summed E-state index contributed by atoms with van der Waals surface area (Å²) in [5.41, 5.74) is 1.46. The van der Waals surface area contributed by atoms with Crippen LogP contribution in [0.2, 0.25) is 0 Å². The highest BCUT2D eigenvalue weighted by Gasteiger charge is 2.63. The Bertz CT molecular complexity index is 776. The molecule has 3 heterocycles. The Kier molecular flexibility index (Phi) is 4.03. The Labute approximate surface area is 151 Å². The van der Waals surface area contributed by atoms with Crippen LogP contribution in [0.15, 0.2) is 46.8 Å². The van der Waals surface area contributed by atoms with Crippen LogP contribution in [-0.4, -0.2) is 35.9 Å². The Hall–Kier alpha value is -2.34. The molecule has 0 unspecified atom stereocenters. The molecule has 1 aromatic rings. The first kappa shape index (κ1) is 17.1. The van der Waals surface area contributed by atoms with Crippen LogP contribution in [0.5, 0.6) is 0 Å². The number of epoxide rings is 1. The van der Waals surface area contributed by atoms with Crippen molar-refractivity contribution in [3.63, 3.8) is 0 Å². The van der Waals surface area contributed by atoms with E-state index in [2.05, 4.69) is 12.7 Å². The SMILES string of the molecule is C=C1C(=O)O[C@H]2[C@H]1[C@H](OC(=O)c1ccoc1)C/C(C)=C\CC[C@@]1(C)O[C@H]21. The van der Waals surface area contributed by atoms with Gasteiger partial charge in [0.2, 0.25) is 0 Å². The molecule has 3 aliphatic rings. The van der Waals surface area contributed by atoms with Crippen LogP contribution in [0.3, 0.4) is 0 Å². The monoisotopic (exact) mass is 358 g/mol. The fraction of sp³-hybridized carbons (Fsp3) is 0.500. The smallest absolute Gasteiger partial charge is 0.341 e. The van der Waals surface area contributed by atoms with E-state index < -0.39 is 30.1 Å². The highest BCUT2D eigenvalue weighted by atomic mass is 16.6. The van der Waals surface area contributed by atoms with Crippen LogP contribution < -0.4 is 0 Å². The molecule has 1 aromatic heterocycles. The zero-order chi connectivity index (χ0) is 18.5. The van der Waals surface area contributed by atoms with Crippen molar-refractivity contribution in [1.29, 1.82) is 0 Å². The van der Waals surface area contributed by atoms with Gasteiger partial charge in [-0.05, 0) is 32.8 Å². The second-order valence-electron chi connectivity index (χ2n) is 7.52. The predicted octanol–water partition coefficient (Wildman–Crippen LogP) is 3.19. The highest BCUT2D eigenvalue weighted by molar-refractivity contribution is 5.92. The molecule has 4 rings (SSSR count). The topological polar surface area (TPSA) is 78.3 Å². The molecule has 5 atom stereocenters. The second kappa shape index (κ2) is 6.13. The molecular weight excluding hydrogens is 336 g/mol. The summed E-state index contributed by atoms with van der Waals surface area (Å²) in [6, 6.07) is 1.55. The molecule has 0 bridgehead atoms. The third kappa shape index (κ3) is 2.88. The summed E-state index contributed by atoms with van der Waals surface area (Å²) < 4.78 is 22.2. The zero-order valence-corrected chi connectivity index (χ0v) is 14.9. The third-order valence-corrected chi connectivity index (χ3v) is 5.57. The van der Waals surface area contributed by atoms with Crippen LogP contribution in [0.4, 0.5) is 0 Å². The number of allylic oxidation sites excluding steroid dienone is 1. The lowest BCUT2D eigenvalue weighted by molar-refractivity contribution is -0.140. The summed E-state index contributed by atoms with van der Waals surface area (Å²) in [5.74, 6) is -1.35. The number of furan rings is 1. The van der Waals surface area contributed by atoms with Gasteiger partial charge < -0.3 is 18.6 Å². The summed E-state index contributed by atoms with van der Waals surface area (Å²) in [5, 5.41) is 0. The lowest BCUT2D eigenvalue weighted by Gasteiger charge is -2.28. The van der Waals surface area contributed by atoms with Crippen molar-refractivity contribution >= 4 is 11.9 Å². The molecule has 138 valence electrons. The second-order valence-corrected chi connectivity index (χ2v) is 7.52. The number of fused-ring (bicyclic) bond motifs is 3. The van der Waals surface area contributed by atoms with E-state index in [1.54, 1.807) is 6.07 Å². The molecule has 6 heteroatoms. The van der Waals surface area contributed by atoms with Gasteiger partial charge >= 0.3 is 11.9 Å². The van der Waals surface area contributed by atoms with Gasteiger partial charge in [-0.3, -0.25) is 0 Å². The highest BCUT2D eigenvalue weighted by Crippen LogP contribution is 2.50. The van der Waals surface area contributed by atoms with Crippen molar-refractivity contribution < 1.29 is 28.2 Å². The van der Waals surface area contributed by atoms with E-state index in [0.717, 1.165) is 18.4 Å². The van der Waals surface area contributed by atoms with E-state index in [4.69, 9.17) is 18.6 Å². The maximum atomic E-state index is 12.5. The molecule has 0 amide bonds. The van der Waals surface area contributed by atoms with Crippen LogP contribution in [0, 0.1) is 5.92 Å². The van der Waals surface area contributed by atoms with E-state index >= 15 is 0 Å². The number of carbonyl (C=O) groups is 2. The Morgan fingerprint density at radius 2 is 2.23 bits per heavy atom.